The maximum absolute atomic E-state index is 6.66. The van der Waals surface area contributed by atoms with E-state index in [2.05, 4.69) is 232 Å². The smallest absolute Gasteiger partial charge is 0.164 e. The van der Waals surface area contributed by atoms with Crippen molar-refractivity contribution >= 4 is 131 Å². The second kappa shape index (κ2) is 17.0. The number of benzene rings is 12. The van der Waals surface area contributed by atoms with Gasteiger partial charge in [-0.2, -0.15) is 0 Å². The third-order valence-corrected chi connectivity index (χ3v) is 17.3. The van der Waals surface area contributed by atoms with Gasteiger partial charge in [-0.25, -0.2) is 15.0 Å². The van der Waals surface area contributed by atoms with Crippen molar-refractivity contribution in [2.75, 3.05) is 0 Å². The number of rotatable bonds is 6. The Labute approximate surface area is 476 Å². The zero-order chi connectivity index (χ0) is 54.7. The van der Waals surface area contributed by atoms with Gasteiger partial charge < -0.3 is 27.0 Å². The van der Waals surface area contributed by atoms with Crippen molar-refractivity contribution in [2.45, 2.75) is 0 Å². The molecular formula is C75H42N6O3. The monoisotopic (exact) mass is 1070 g/mol. The quantitative estimate of drug-likeness (QED) is 0.165. The molecule has 12 aromatic carbocycles. The topological polar surface area (TPSA) is 92.9 Å². The highest BCUT2D eigenvalue weighted by atomic mass is 16.3. The fraction of sp³-hybridized carbons (Fsp3) is 0. The average Bonchev–Trinajstić information content (AvgIpc) is 2.11. The highest BCUT2D eigenvalue weighted by molar-refractivity contribution is 6.26. The fourth-order valence-electron chi connectivity index (χ4n) is 13.6. The molecule has 0 spiro atoms. The molecule has 0 aliphatic rings. The largest absolute Gasteiger partial charge is 0.455 e. The lowest BCUT2D eigenvalue weighted by Crippen LogP contribution is -2.02. The highest BCUT2D eigenvalue weighted by Gasteiger charge is 2.23. The van der Waals surface area contributed by atoms with Crippen LogP contribution in [0.4, 0.5) is 0 Å². The first-order chi connectivity index (χ1) is 41.6. The van der Waals surface area contributed by atoms with Crippen LogP contribution in [-0.4, -0.2) is 28.7 Å². The molecule has 0 saturated carbocycles. The molecule has 7 aromatic heterocycles. The molecule has 7 heterocycles. The van der Waals surface area contributed by atoms with Crippen molar-refractivity contribution in [2.24, 2.45) is 0 Å². The molecular weight excluding hydrogens is 1030 g/mol. The first-order valence-corrected chi connectivity index (χ1v) is 28.2. The van der Waals surface area contributed by atoms with Gasteiger partial charge in [0, 0.05) is 82.2 Å². The lowest BCUT2D eigenvalue weighted by molar-refractivity contribution is 0.672. The van der Waals surface area contributed by atoms with E-state index in [1.165, 1.54) is 0 Å². The molecule has 0 saturated heterocycles. The lowest BCUT2D eigenvalue weighted by Gasteiger charge is -2.13. The predicted molar refractivity (Wildman–Crippen MR) is 341 cm³/mol. The number of para-hydroxylation sites is 6. The van der Waals surface area contributed by atoms with Crippen molar-refractivity contribution in [1.29, 1.82) is 0 Å². The van der Waals surface area contributed by atoms with Crippen LogP contribution in [-0.2, 0) is 0 Å². The number of nitrogens with zero attached hydrogens (tertiary/aromatic N) is 6. The molecule has 9 nitrogen and oxygen atoms in total. The van der Waals surface area contributed by atoms with Crippen LogP contribution in [0.15, 0.2) is 268 Å². The van der Waals surface area contributed by atoms with Gasteiger partial charge in [0.05, 0.1) is 49.3 Å². The van der Waals surface area contributed by atoms with E-state index >= 15 is 0 Å². The maximum atomic E-state index is 6.66. The first-order valence-electron chi connectivity index (χ1n) is 28.2. The summed E-state index contributed by atoms with van der Waals surface area (Å²) in [6.45, 7) is 0. The molecule has 84 heavy (non-hydrogen) atoms. The maximum Gasteiger partial charge on any atom is 0.164 e. The van der Waals surface area contributed by atoms with Gasteiger partial charge in [0.25, 0.3) is 0 Å². The first kappa shape index (κ1) is 45.2. The Morgan fingerprint density at radius 1 is 0.226 bits per heavy atom. The van der Waals surface area contributed by atoms with Gasteiger partial charge in [-0.1, -0.05) is 121 Å². The molecule has 9 heteroatoms. The summed E-state index contributed by atoms with van der Waals surface area (Å²) in [4.78, 5) is 16.0. The summed E-state index contributed by atoms with van der Waals surface area (Å²) >= 11 is 0. The summed E-state index contributed by atoms with van der Waals surface area (Å²) in [7, 11) is 0. The van der Waals surface area contributed by atoms with Crippen molar-refractivity contribution in [3.63, 3.8) is 0 Å². The van der Waals surface area contributed by atoms with Gasteiger partial charge in [-0.05, 0) is 133 Å². The summed E-state index contributed by atoms with van der Waals surface area (Å²) in [5.74, 6) is 1.67. The minimum Gasteiger partial charge on any atom is -0.455 e. The Balaban J connectivity index is 0.771. The van der Waals surface area contributed by atoms with Crippen LogP contribution in [0, 0.1) is 0 Å². The lowest BCUT2D eigenvalue weighted by atomic mass is 10.1. The minimum absolute atomic E-state index is 0.556. The van der Waals surface area contributed by atoms with Crippen LogP contribution >= 0.6 is 0 Å². The van der Waals surface area contributed by atoms with Crippen LogP contribution in [0.2, 0.25) is 0 Å². The van der Waals surface area contributed by atoms with E-state index in [4.69, 9.17) is 28.2 Å². The number of furan rings is 3. The van der Waals surface area contributed by atoms with Crippen LogP contribution in [0.1, 0.15) is 0 Å². The second-order valence-corrected chi connectivity index (χ2v) is 21.8. The van der Waals surface area contributed by atoms with E-state index in [-0.39, 0.29) is 0 Å². The molecule has 0 aliphatic carbocycles. The number of aromatic nitrogens is 6. The summed E-state index contributed by atoms with van der Waals surface area (Å²) in [5.41, 5.74) is 17.3. The highest BCUT2D eigenvalue weighted by Crippen LogP contribution is 2.45. The second-order valence-electron chi connectivity index (χ2n) is 21.8. The van der Waals surface area contributed by atoms with E-state index < -0.39 is 0 Å². The van der Waals surface area contributed by atoms with E-state index in [1.54, 1.807) is 0 Å². The number of hydrogen-bond acceptors (Lipinski definition) is 6. The molecule has 0 amide bonds. The van der Waals surface area contributed by atoms with Gasteiger partial charge in [0.15, 0.2) is 17.5 Å². The molecule has 0 atom stereocenters. The van der Waals surface area contributed by atoms with E-state index in [9.17, 15) is 0 Å². The van der Waals surface area contributed by atoms with Gasteiger partial charge in [-0.3, -0.25) is 0 Å². The van der Waals surface area contributed by atoms with E-state index in [0.717, 1.165) is 165 Å². The molecule has 0 aliphatic heterocycles. The molecule has 0 bridgehead atoms. The average molecular weight is 1080 g/mol. The molecule has 19 rings (SSSR count). The molecule has 0 unspecified atom stereocenters. The number of hydrogen-bond donors (Lipinski definition) is 0. The van der Waals surface area contributed by atoms with Gasteiger partial charge in [0.1, 0.15) is 33.5 Å². The molecule has 0 radical (unpaired) electrons. The Hall–Kier alpha value is -11.6. The standard InChI is InChI=1S/C75H42N6O3/c1-7-22-58-55(19-1)67-61(39-36-52-49-16-4-10-25-64(49)82-70(52)67)79(58)46-32-28-43(29-33-46)73-76-74(44-30-34-47(35-31-44)80-59-23-8-2-20-56(59)68-62(80)40-37-53-50-17-5-11-26-65(50)83-71(53)68)78-75(77-73)45-14-13-15-48(42-45)81-60-24-9-3-21-57(60)69-63(81)41-38-54-51-18-6-12-27-66(51)84-72(54)69/h1-42H. The van der Waals surface area contributed by atoms with Crippen molar-refractivity contribution in [3.05, 3.63) is 255 Å². The third-order valence-electron chi connectivity index (χ3n) is 17.3. The van der Waals surface area contributed by atoms with E-state index in [0.29, 0.717) is 17.5 Å². The van der Waals surface area contributed by atoms with Crippen molar-refractivity contribution < 1.29 is 13.3 Å². The Bertz CT molecular complexity index is 5740. The van der Waals surface area contributed by atoms with Gasteiger partial charge in [0.2, 0.25) is 0 Å². The van der Waals surface area contributed by atoms with Crippen LogP contribution in [0.3, 0.4) is 0 Å². The fourth-order valence-corrected chi connectivity index (χ4v) is 13.6. The van der Waals surface area contributed by atoms with Gasteiger partial charge in [-0.15, -0.1) is 0 Å². The number of fused-ring (bicyclic) bond motifs is 21. The summed E-state index contributed by atoms with van der Waals surface area (Å²) in [6.07, 6.45) is 0. The SMILES string of the molecule is c1cc(-c2nc(-c3ccc(-n4c5ccccc5c5c6oc7ccccc7c6ccc54)cc3)nc(-c3ccc(-n4c5ccccc5c5c6oc7ccccc7c6ccc54)cc3)n2)cc(-n2c3ccccc3c3c4oc5ccccc5c4ccc32)c1. The molecule has 19 aromatic rings. The summed E-state index contributed by atoms with van der Waals surface area (Å²) < 4.78 is 26.9. The molecule has 390 valence electrons. The Morgan fingerprint density at radius 3 is 0.952 bits per heavy atom. The third kappa shape index (κ3) is 6.34. The summed E-state index contributed by atoms with van der Waals surface area (Å²) in [6, 6.07) is 89.4. The van der Waals surface area contributed by atoms with Crippen molar-refractivity contribution in [1.82, 2.24) is 28.7 Å². The normalized spacial score (nSPS) is 12.3. The Kier molecular flexibility index (Phi) is 9.15. The van der Waals surface area contributed by atoms with E-state index in [1.807, 2.05) is 36.4 Å². The molecule has 0 N–H and O–H groups in total. The van der Waals surface area contributed by atoms with Crippen LogP contribution < -0.4 is 0 Å². The van der Waals surface area contributed by atoms with Crippen LogP contribution in [0.5, 0.6) is 0 Å². The molecule has 0 fully saturated rings. The Morgan fingerprint density at radius 2 is 0.560 bits per heavy atom. The van der Waals surface area contributed by atoms with Crippen molar-refractivity contribution in [3.8, 4) is 51.2 Å². The van der Waals surface area contributed by atoms with Crippen LogP contribution in [0.25, 0.3) is 182 Å². The predicted octanol–water partition coefficient (Wildman–Crippen LogP) is 19.9. The zero-order valence-corrected chi connectivity index (χ0v) is 44.7. The summed E-state index contributed by atoms with van der Waals surface area (Å²) in [5, 5.41) is 13.3. The zero-order valence-electron chi connectivity index (χ0n) is 44.7. The minimum atomic E-state index is 0.556. The van der Waals surface area contributed by atoms with Gasteiger partial charge >= 0.3 is 0 Å².